The van der Waals surface area contributed by atoms with E-state index in [0.717, 1.165) is 22.4 Å². The molecule has 1 spiro atoms. The van der Waals surface area contributed by atoms with Crippen LogP contribution in [-0.4, -0.2) is 36.2 Å². The lowest BCUT2D eigenvalue weighted by Crippen LogP contribution is -2.53. The summed E-state index contributed by atoms with van der Waals surface area (Å²) in [5.41, 5.74) is 3.24. The van der Waals surface area contributed by atoms with Crippen molar-refractivity contribution >= 4 is 29.4 Å². The van der Waals surface area contributed by atoms with Crippen molar-refractivity contribution in [1.82, 2.24) is 10.2 Å². The molecule has 0 radical (unpaired) electrons. The normalized spacial score (nSPS) is 18.9. The second-order valence-electron chi connectivity index (χ2n) is 8.19. The molecule has 2 aliphatic rings. The number of fused-ring (bicyclic) bond motifs is 2. The van der Waals surface area contributed by atoms with Crippen LogP contribution in [0, 0.1) is 5.82 Å². The Labute approximate surface area is 201 Å². The van der Waals surface area contributed by atoms with Crippen LogP contribution in [0.15, 0.2) is 72.8 Å². The molecule has 0 bridgehead atoms. The van der Waals surface area contributed by atoms with Crippen LogP contribution >= 0.6 is 11.8 Å². The van der Waals surface area contributed by atoms with E-state index in [1.807, 2.05) is 48.5 Å². The van der Waals surface area contributed by atoms with E-state index >= 15 is 0 Å². The average Bonchev–Trinajstić information content (AvgIpc) is 3.41. The Bertz CT molecular complexity index is 1220. The van der Waals surface area contributed by atoms with Crippen LogP contribution in [0.25, 0.3) is 0 Å². The third-order valence-corrected chi connectivity index (χ3v) is 7.61. The van der Waals surface area contributed by atoms with Gasteiger partial charge in [0, 0.05) is 24.4 Å². The van der Waals surface area contributed by atoms with Gasteiger partial charge in [-0.25, -0.2) is 9.18 Å². The zero-order valence-electron chi connectivity index (χ0n) is 18.7. The first kappa shape index (κ1) is 22.3. The van der Waals surface area contributed by atoms with Crippen molar-refractivity contribution in [3.63, 3.8) is 0 Å². The number of anilines is 1. The molecule has 0 aromatic heterocycles. The third kappa shape index (κ3) is 3.77. The minimum atomic E-state index is -1.18. The van der Waals surface area contributed by atoms with E-state index in [0.29, 0.717) is 24.6 Å². The van der Waals surface area contributed by atoms with Crippen molar-refractivity contribution in [2.75, 3.05) is 24.3 Å². The van der Waals surface area contributed by atoms with Crippen molar-refractivity contribution in [3.05, 3.63) is 95.3 Å². The van der Waals surface area contributed by atoms with Crippen molar-refractivity contribution in [3.8, 4) is 5.75 Å². The molecule has 3 aromatic carbocycles. The largest absolute Gasteiger partial charge is 0.497 e. The van der Waals surface area contributed by atoms with Crippen molar-refractivity contribution < 1.29 is 18.7 Å². The maximum atomic E-state index is 14.0. The van der Waals surface area contributed by atoms with E-state index in [4.69, 9.17) is 4.74 Å². The predicted octanol–water partition coefficient (Wildman–Crippen LogP) is 4.49. The Hall–Kier alpha value is -3.52. The molecule has 3 amide bonds. The SMILES string of the molecule is COc1ccc2c(c1)C1(SCCN1C(=O)NCc1ccccc1)C(=O)N2Cc1ccc(F)cc1. The third-order valence-electron chi connectivity index (χ3n) is 6.19. The minimum absolute atomic E-state index is 0.183. The standard InChI is InChI=1S/C26H24FN3O3S/c1-33-21-11-12-23-22(15-21)26(24(31)29(23)17-19-7-9-20(27)10-8-19)30(13-14-34-26)25(32)28-16-18-5-3-2-4-6-18/h2-12,15H,13-14,16-17H2,1H3,(H,28,32). The van der Waals surface area contributed by atoms with Crippen molar-refractivity contribution in [2.45, 2.75) is 18.0 Å². The number of urea groups is 1. The van der Waals surface area contributed by atoms with E-state index < -0.39 is 4.87 Å². The number of thioether (sulfide) groups is 1. The molecule has 1 unspecified atom stereocenters. The van der Waals surface area contributed by atoms with Crippen molar-refractivity contribution in [1.29, 1.82) is 0 Å². The fourth-order valence-electron chi connectivity index (χ4n) is 4.52. The summed E-state index contributed by atoms with van der Waals surface area (Å²) in [5.74, 6) is 0.737. The number of methoxy groups -OCH3 is 1. The molecule has 8 heteroatoms. The monoisotopic (exact) mass is 477 g/mol. The highest BCUT2D eigenvalue weighted by atomic mass is 32.2. The average molecular weight is 478 g/mol. The molecule has 1 N–H and O–H groups in total. The van der Waals surface area contributed by atoms with E-state index in [2.05, 4.69) is 5.32 Å². The number of carbonyl (C=O) groups is 2. The van der Waals surface area contributed by atoms with Gasteiger partial charge in [-0.3, -0.25) is 9.69 Å². The molecule has 3 aromatic rings. The van der Waals surface area contributed by atoms with Crippen LogP contribution in [0.3, 0.4) is 0 Å². The first-order valence-corrected chi connectivity index (χ1v) is 12.0. The van der Waals surface area contributed by atoms with Gasteiger partial charge < -0.3 is 15.0 Å². The summed E-state index contributed by atoms with van der Waals surface area (Å²) in [7, 11) is 1.58. The number of halogens is 1. The Morgan fingerprint density at radius 3 is 2.59 bits per heavy atom. The number of carbonyl (C=O) groups excluding carboxylic acids is 2. The van der Waals surface area contributed by atoms with Gasteiger partial charge in [-0.05, 0) is 41.5 Å². The van der Waals surface area contributed by atoms with Crippen LogP contribution in [-0.2, 0) is 22.8 Å². The second kappa shape index (κ2) is 9.02. The molecular formula is C26H24FN3O3S. The lowest BCUT2D eigenvalue weighted by atomic mass is 10.1. The van der Waals surface area contributed by atoms with Gasteiger partial charge in [-0.15, -0.1) is 11.8 Å². The quantitative estimate of drug-likeness (QED) is 0.588. The Morgan fingerprint density at radius 1 is 1.09 bits per heavy atom. The number of hydrogen-bond acceptors (Lipinski definition) is 4. The highest BCUT2D eigenvalue weighted by molar-refractivity contribution is 8.01. The Morgan fingerprint density at radius 2 is 1.85 bits per heavy atom. The second-order valence-corrected chi connectivity index (χ2v) is 9.48. The fourth-order valence-corrected chi connectivity index (χ4v) is 5.97. The number of nitrogens with one attached hydrogen (secondary N) is 1. The predicted molar refractivity (Wildman–Crippen MR) is 130 cm³/mol. The van der Waals surface area contributed by atoms with Gasteiger partial charge >= 0.3 is 6.03 Å². The van der Waals surface area contributed by atoms with Gasteiger partial charge in [0.15, 0.2) is 4.87 Å². The first-order chi connectivity index (χ1) is 16.5. The Balaban J connectivity index is 1.49. The van der Waals surface area contributed by atoms with Gasteiger partial charge in [0.1, 0.15) is 11.6 Å². The molecule has 2 aliphatic heterocycles. The minimum Gasteiger partial charge on any atom is -0.497 e. The van der Waals surface area contributed by atoms with E-state index in [1.165, 1.54) is 23.9 Å². The van der Waals surface area contributed by atoms with Crippen LogP contribution in [0.4, 0.5) is 14.9 Å². The molecule has 1 fully saturated rings. The molecule has 2 heterocycles. The van der Waals surface area contributed by atoms with Gasteiger partial charge in [0.25, 0.3) is 5.91 Å². The lowest BCUT2D eigenvalue weighted by Gasteiger charge is -2.33. The topological polar surface area (TPSA) is 61.9 Å². The molecule has 0 aliphatic carbocycles. The number of rotatable bonds is 5. The van der Waals surface area contributed by atoms with Gasteiger partial charge in [-0.1, -0.05) is 42.5 Å². The summed E-state index contributed by atoms with van der Waals surface area (Å²) in [5, 5.41) is 2.97. The maximum absolute atomic E-state index is 14.0. The van der Waals surface area contributed by atoms with Gasteiger partial charge in [0.2, 0.25) is 0 Å². The molecular weight excluding hydrogens is 453 g/mol. The summed E-state index contributed by atoms with van der Waals surface area (Å²) < 4.78 is 18.9. The summed E-state index contributed by atoms with van der Waals surface area (Å²) in [6, 6.07) is 21.0. The zero-order valence-corrected chi connectivity index (χ0v) is 19.5. The summed E-state index contributed by atoms with van der Waals surface area (Å²) in [4.78, 5) is 29.5. The fraction of sp³-hybridized carbons (Fsp3) is 0.231. The lowest BCUT2D eigenvalue weighted by molar-refractivity contribution is -0.123. The van der Waals surface area contributed by atoms with Crippen LogP contribution in [0.5, 0.6) is 5.75 Å². The van der Waals surface area contributed by atoms with E-state index in [9.17, 15) is 14.0 Å². The number of nitrogens with zero attached hydrogens (tertiary/aromatic N) is 2. The maximum Gasteiger partial charge on any atom is 0.319 e. The summed E-state index contributed by atoms with van der Waals surface area (Å²) in [6.07, 6.45) is 0. The molecule has 1 atom stereocenters. The molecule has 5 rings (SSSR count). The first-order valence-electron chi connectivity index (χ1n) is 11.0. The van der Waals surface area contributed by atoms with Crippen LogP contribution in [0.2, 0.25) is 0 Å². The van der Waals surface area contributed by atoms with Crippen LogP contribution < -0.4 is 15.0 Å². The van der Waals surface area contributed by atoms with Crippen LogP contribution in [0.1, 0.15) is 16.7 Å². The van der Waals surface area contributed by atoms with Gasteiger partial charge in [-0.2, -0.15) is 0 Å². The summed E-state index contributed by atoms with van der Waals surface area (Å²) >= 11 is 1.46. The smallest absolute Gasteiger partial charge is 0.319 e. The number of hydrogen-bond donors (Lipinski definition) is 1. The molecule has 1 saturated heterocycles. The van der Waals surface area contributed by atoms with Crippen molar-refractivity contribution in [2.24, 2.45) is 0 Å². The highest BCUT2D eigenvalue weighted by Crippen LogP contribution is 2.55. The van der Waals surface area contributed by atoms with E-state index in [-0.39, 0.29) is 24.3 Å². The number of ether oxygens (including phenoxy) is 1. The summed E-state index contributed by atoms with van der Waals surface area (Å²) in [6.45, 7) is 1.09. The van der Waals surface area contributed by atoms with E-state index in [1.54, 1.807) is 29.0 Å². The molecule has 174 valence electrons. The molecule has 0 saturated carbocycles. The number of amides is 3. The number of benzene rings is 3. The molecule has 34 heavy (non-hydrogen) atoms. The zero-order chi connectivity index (χ0) is 23.7. The molecule has 6 nitrogen and oxygen atoms in total. The van der Waals surface area contributed by atoms with Gasteiger partial charge in [0.05, 0.1) is 19.3 Å². The Kier molecular flexibility index (Phi) is 5.91. The highest BCUT2D eigenvalue weighted by Gasteiger charge is 2.59.